The van der Waals surface area contributed by atoms with E-state index in [1.807, 2.05) is 0 Å². The van der Waals surface area contributed by atoms with E-state index in [1.165, 1.54) is 19.4 Å². The van der Waals surface area contributed by atoms with Gasteiger partial charge in [0.05, 0.1) is 24.3 Å². The summed E-state index contributed by atoms with van der Waals surface area (Å²) in [5.74, 6) is -0.193. The molecule has 0 radical (unpaired) electrons. The highest BCUT2D eigenvalue weighted by Crippen LogP contribution is 2.24. The number of esters is 1. The molecule has 24 heavy (non-hydrogen) atoms. The Kier molecular flexibility index (Phi) is 4.13. The van der Waals surface area contributed by atoms with Crippen molar-refractivity contribution in [2.45, 2.75) is 6.54 Å². The smallest absolute Gasteiger partial charge is 0.338 e. The standard InChI is InChI=1S/C16H13N3O4S/c1-3-6-19-13-12(14(20)18-16(19)24)9(15(21)22-2)8-10(17-13)11-5-4-7-23-11/h3-5,7-8H,1,6H2,2H3,(H,18,20,24). The summed E-state index contributed by atoms with van der Waals surface area (Å²) >= 11 is 5.19. The molecule has 0 amide bonds. The Morgan fingerprint density at radius 2 is 2.38 bits per heavy atom. The first-order valence-corrected chi connectivity index (χ1v) is 7.38. The van der Waals surface area contributed by atoms with E-state index in [0.29, 0.717) is 18.0 Å². The first kappa shape index (κ1) is 15.9. The Labute approximate surface area is 141 Å². The number of carbonyl (C=O) groups excluding carboxylic acids is 1. The molecule has 0 aliphatic rings. The largest absolute Gasteiger partial charge is 0.465 e. The van der Waals surface area contributed by atoms with Crippen LogP contribution in [-0.2, 0) is 11.3 Å². The summed E-state index contributed by atoms with van der Waals surface area (Å²) in [6.45, 7) is 4.00. The summed E-state index contributed by atoms with van der Waals surface area (Å²) in [6.07, 6.45) is 3.11. The Hall–Kier alpha value is -3.00. The van der Waals surface area contributed by atoms with Crippen molar-refractivity contribution in [3.05, 3.63) is 57.8 Å². The minimum atomic E-state index is -0.650. The van der Waals surface area contributed by atoms with Crippen molar-refractivity contribution in [1.29, 1.82) is 0 Å². The van der Waals surface area contributed by atoms with Crippen molar-refractivity contribution in [1.82, 2.24) is 14.5 Å². The van der Waals surface area contributed by atoms with E-state index >= 15 is 0 Å². The van der Waals surface area contributed by atoms with Gasteiger partial charge in [0.25, 0.3) is 5.56 Å². The summed E-state index contributed by atoms with van der Waals surface area (Å²) in [5, 5.41) is 0.104. The molecule has 0 bridgehead atoms. The van der Waals surface area contributed by atoms with Gasteiger partial charge in [0.2, 0.25) is 0 Å². The lowest BCUT2D eigenvalue weighted by molar-refractivity contribution is 0.0603. The maximum absolute atomic E-state index is 12.4. The summed E-state index contributed by atoms with van der Waals surface area (Å²) in [5.41, 5.74) is 0.237. The van der Waals surface area contributed by atoms with Gasteiger partial charge in [0, 0.05) is 6.54 Å². The monoisotopic (exact) mass is 343 g/mol. The Bertz CT molecular complexity index is 1050. The third-order valence-corrected chi connectivity index (χ3v) is 3.76. The maximum Gasteiger partial charge on any atom is 0.338 e. The number of aromatic amines is 1. The number of hydrogen-bond acceptors (Lipinski definition) is 6. The number of furan rings is 1. The van der Waals surface area contributed by atoms with Crippen LogP contribution in [0.2, 0.25) is 0 Å². The molecule has 122 valence electrons. The number of pyridine rings is 1. The van der Waals surface area contributed by atoms with Crippen molar-refractivity contribution in [3.63, 3.8) is 0 Å². The number of nitrogens with one attached hydrogen (secondary N) is 1. The predicted octanol–water partition coefficient (Wildman–Crippen LogP) is 2.69. The molecule has 8 heteroatoms. The molecule has 0 atom stereocenters. The molecule has 3 aromatic heterocycles. The molecule has 0 fully saturated rings. The zero-order valence-corrected chi connectivity index (χ0v) is 13.6. The van der Waals surface area contributed by atoms with Crippen LogP contribution >= 0.6 is 12.2 Å². The van der Waals surface area contributed by atoms with Crippen LogP contribution in [0, 0.1) is 4.77 Å². The fourth-order valence-corrected chi connectivity index (χ4v) is 2.65. The number of H-pyrrole nitrogens is 1. The van der Waals surface area contributed by atoms with Crippen molar-refractivity contribution in [2.24, 2.45) is 0 Å². The number of aromatic nitrogens is 3. The minimum absolute atomic E-state index is 0.0861. The van der Waals surface area contributed by atoms with Gasteiger partial charge in [-0.3, -0.25) is 14.3 Å². The highest BCUT2D eigenvalue weighted by molar-refractivity contribution is 7.71. The maximum atomic E-state index is 12.4. The van der Waals surface area contributed by atoms with Crippen LogP contribution in [-0.4, -0.2) is 27.6 Å². The van der Waals surface area contributed by atoms with Gasteiger partial charge in [-0.25, -0.2) is 9.78 Å². The number of rotatable bonds is 4. The second-order valence-corrected chi connectivity index (χ2v) is 5.27. The molecule has 0 aliphatic carbocycles. The molecule has 7 nitrogen and oxygen atoms in total. The second kappa shape index (κ2) is 6.25. The first-order valence-electron chi connectivity index (χ1n) is 6.97. The van der Waals surface area contributed by atoms with E-state index < -0.39 is 11.5 Å². The SMILES string of the molecule is C=CCn1c(=S)[nH]c(=O)c2c(C(=O)OC)cc(-c3ccco3)nc21. The van der Waals surface area contributed by atoms with Crippen molar-refractivity contribution >= 4 is 29.2 Å². The zero-order valence-electron chi connectivity index (χ0n) is 12.7. The number of nitrogens with zero attached hydrogens (tertiary/aromatic N) is 2. The molecule has 0 aromatic carbocycles. The van der Waals surface area contributed by atoms with Gasteiger partial charge in [-0.05, 0) is 30.4 Å². The zero-order chi connectivity index (χ0) is 17.3. The highest BCUT2D eigenvalue weighted by atomic mass is 32.1. The van der Waals surface area contributed by atoms with E-state index in [0.717, 1.165) is 0 Å². The second-order valence-electron chi connectivity index (χ2n) is 4.88. The predicted molar refractivity (Wildman–Crippen MR) is 90.4 cm³/mol. The minimum Gasteiger partial charge on any atom is -0.465 e. The average molecular weight is 343 g/mol. The lowest BCUT2D eigenvalue weighted by Crippen LogP contribution is -2.19. The molecule has 3 rings (SSSR count). The first-order chi connectivity index (χ1) is 11.6. The summed E-state index contributed by atoms with van der Waals surface area (Å²) in [6, 6.07) is 4.87. The molecule has 3 aromatic rings. The highest BCUT2D eigenvalue weighted by Gasteiger charge is 2.20. The average Bonchev–Trinajstić information content (AvgIpc) is 3.11. The Balaban J connectivity index is 2.49. The van der Waals surface area contributed by atoms with Gasteiger partial charge in [-0.1, -0.05) is 6.08 Å². The van der Waals surface area contributed by atoms with Crippen molar-refractivity contribution in [2.75, 3.05) is 7.11 Å². The summed E-state index contributed by atoms with van der Waals surface area (Å²) in [4.78, 5) is 31.5. The van der Waals surface area contributed by atoms with E-state index in [2.05, 4.69) is 16.5 Å². The lowest BCUT2D eigenvalue weighted by atomic mass is 10.1. The molecule has 1 N–H and O–H groups in total. The third kappa shape index (κ3) is 2.56. The topological polar surface area (TPSA) is 90.1 Å². The van der Waals surface area contributed by atoms with Crippen LogP contribution in [0.3, 0.4) is 0 Å². The molecule has 0 spiro atoms. The number of hydrogen-bond donors (Lipinski definition) is 1. The fraction of sp³-hybridized carbons (Fsp3) is 0.125. The molecule has 0 aliphatic heterocycles. The van der Waals surface area contributed by atoms with E-state index in [9.17, 15) is 9.59 Å². The summed E-state index contributed by atoms with van der Waals surface area (Å²) in [7, 11) is 1.24. The van der Waals surface area contributed by atoms with E-state index in [1.54, 1.807) is 22.8 Å². The van der Waals surface area contributed by atoms with Gasteiger partial charge in [-0.2, -0.15) is 0 Å². The Morgan fingerprint density at radius 1 is 1.58 bits per heavy atom. The molecule has 3 heterocycles. The van der Waals surface area contributed by atoms with Crippen LogP contribution in [0.25, 0.3) is 22.5 Å². The third-order valence-electron chi connectivity index (χ3n) is 3.44. The van der Waals surface area contributed by atoms with Gasteiger partial charge in [0.15, 0.2) is 10.5 Å². The fourth-order valence-electron chi connectivity index (χ4n) is 2.39. The van der Waals surface area contributed by atoms with Gasteiger partial charge >= 0.3 is 5.97 Å². The molecular weight excluding hydrogens is 330 g/mol. The number of carbonyl (C=O) groups is 1. The van der Waals surface area contributed by atoms with Gasteiger partial charge < -0.3 is 9.15 Å². The number of ether oxygens (including phenoxy) is 1. The number of allylic oxidation sites excluding steroid dienone is 1. The molecule has 0 saturated carbocycles. The van der Waals surface area contributed by atoms with Crippen molar-refractivity contribution < 1.29 is 13.9 Å². The van der Waals surface area contributed by atoms with Crippen LogP contribution in [0.15, 0.2) is 46.3 Å². The quantitative estimate of drug-likeness (QED) is 0.445. The molecular formula is C16H13N3O4S. The normalized spacial score (nSPS) is 10.7. The Morgan fingerprint density at radius 3 is 3.00 bits per heavy atom. The number of methoxy groups -OCH3 is 1. The van der Waals surface area contributed by atoms with E-state index in [4.69, 9.17) is 21.4 Å². The van der Waals surface area contributed by atoms with Crippen LogP contribution in [0.4, 0.5) is 0 Å². The van der Waals surface area contributed by atoms with Gasteiger partial charge in [-0.15, -0.1) is 6.58 Å². The molecule has 0 saturated heterocycles. The van der Waals surface area contributed by atoms with Crippen molar-refractivity contribution in [3.8, 4) is 11.5 Å². The number of fused-ring (bicyclic) bond motifs is 1. The molecule has 0 unspecified atom stereocenters. The lowest BCUT2D eigenvalue weighted by Gasteiger charge is -2.11. The van der Waals surface area contributed by atoms with E-state index in [-0.39, 0.29) is 21.4 Å². The summed E-state index contributed by atoms with van der Waals surface area (Å²) < 4.78 is 11.9. The van der Waals surface area contributed by atoms with Crippen LogP contribution < -0.4 is 5.56 Å². The van der Waals surface area contributed by atoms with Gasteiger partial charge in [0.1, 0.15) is 11.3 Å². The van der Waals surface area contributed by atoms with Crippen LogP contribution in [0.1, 0.15) is 10.4 Å². The van der Waals surface area contributed by atoms with Crippen LogP contribution in [0.5, 0.6) is 0 Å².